The minimum atomic E-state index is -0.759. The Labute approximate surface area is 213 Å². The van der Waals surface area contributed by atoms with Gasteiger partial charge in [-0.2, -0.15) is 0 Å². The first-order valence-corrected chi connectivity index (χ1v) is 12.5. The molecule has 2 aromatic rings. The van der Waals surface area contributed by atoms with Crippen LogP contribution in [0, 0.1) is 13.8 Å². The van der Waals surface area contributed by atoms with Crippen LogP contribution in [0.3, 0.4) is 0 Å². The maximum atomic E-state index is 13.3. The summed E-state index contributed by atoms with van der Waals surface area (Å²) in [5.74, 6) is -0.398. The molecule has 7 heteroatoms. The molecule has 1 amide bonds. The second-order valence-electron chi connectivity index (χ2n) is 9.12. The van der Waals surface area contributed by atoms with Crippen LogP contribution >= 0.6 is 0 Å². The second kappa shape index (κ2) is 12.6. The van der Waals surface area contributed by atoms with Gasteiger partial charge in [0.05, 0.1) is 25.3 Å². The lowest BCUT2D eigenvalue weighted by molar-refractivity contribution is -0.140. The van der Waals surface area contributed by atoms with E-state index in [1.807, 2.05) is 38.1 Å². The first-order valence-electron chi connectivity index (χ1n) is 12.5. The van der Waals surface area contributed by atoms with Crippen LogP contribution in [0.25, 0.3) is 5.76 Å². The van der Waals surface area contributed by atoms with Crippen molar-refractivity contribution in [2.75, 3.05) is 34.0 Å². The molecular weight excluding hydrogens is 458 g/mol. The number of benzene rings is 2. The number of ether oxygens (including phenoxy) is 3. The van der Waals surface area contributed by atoms with E-state index in [2.05, 4.69) is 6.92 Å². The fraction of sp³-hybridized carbons (Fsp3) is 0.448. The molecule has 7 nitrogen and oxygen atoms in total. The summed E-state index contributed by atoms with van der Waals surface area (Å²) in [5.41, 5.74) is 3.04. The van der Waals surface area contributed by atoms with Crippen molar-refractivity contribution in [2.45, 2.75) is 52.5 Å². The number of hydrogen-bond donors (Lipinski definition) is 1. The molecule has 3 rings (SSSR count). The fourth-order valence-corrected chi connectivity index (χ4v) is 4.48. The zero-order valence-electron chi connectivity index (χ0n) is 21.9. The zero-order chi connectivity index (χ0) is 26.2. The predicted molar refractivity (Wildman–Crippen MR) is 139 cm³/mol. The van der Waals surface area contributed by atoms with Gasteiger partial charge in [-0.25, -0.2) is 0 Å². The highest BCUT2D eigenvalue weighted by Gasteiger charge is 2.46. The number of aliphatic hydroxyl groups is 1. The number of hydrogen-bond acceptors (Lipinski definition) is 6. The van der Waals surface area contributed by atoms with Crippen LogP contribution in [0.4, 0.5) is 0 Å². The molecule has 1 heterocycles. The Morgan fingerprint density at radius 1 is 0.972 bits per heavy atom. The third-order valence-corrected chi connectivity index (χ3v) is 6.44. The summed E-state index contributed by atoms with van der Waals surface area (Å²) in [7, 11) is 3.15. The number of likely N-dealkylation sites (tertiary alicyclic amines) is 1. The maximum absolute atomic E-state index is 13.3. The second-order valence-corrected chi connectivity index (χ2v) is 9.12. The Balaban J connectivity index is 2.09. The Kier molecular flexibility index (Phi) is 9.53. The Hall–Kier alpha value is -3.32. The van der Waals surface area contributed by atoms with Gasteiger partial charge in [-0.05, 0) is 56.0 Å². The standard InChI is InChI=1S/C29H37NO6/c1-6-7-8-16-36-23-13-12-21(18-24(23)35-5)26-25(27(31)22-17-19(2)10-11-20(22)3)28(32)29(33)30(26)14-9-15-34-4/h10-13,17-18,26,31H,6-9,14-16H2,1-5H3. The summed E-state index contributed by atoms with van der Waals surface area (Å²) in [4.78, 5) is 27.9. The number of ketones is 1. The number of nitrogens with zero attached hydrogens (tertiary/aromatic N) is 1. The van der Waals surface area contributed by atoms with E-state index in [9.17, 15) is 14.7 Å². The molecule has 0 radical (unpaired) electrons. The van der Waals surface area contributed by atoms with Gasteiger partial charge in [0.15, 0.2) is 11.5 Å². The highest BCUT2D eigenvalue weighted by molar-refractivity contribution is 6.46. The summed E-state index contributed by atoms with van der Waals surface area (Å²) in [6.07, 6.45) is 3.67. The monoisotopic (exact) mass is 495 g/mol. The van der Waals surface area contributed by atoms with Gasteiger partial charge in [0, 0.05) is 25.8 Å². The van der Waals surface area contributed by atoms with Crippen molar-refractivity contribution in [3.63, 3.8) is 0 Å². The van der Waals surface area contributed by atoms with E-state index in [0.717, 1.165) is 30.4 Å². The van der Waals surface area contributed by atoms with Gasteiger partial charge in [-0.15, -0.1) is 0 Å². The number of carbonyl (C=O) groups excluding carboxylic acids is 2. The van der Waals surface area contributed by atoms with Crippen LogP contribution in [0.1, 0.15) is 60.9 Å². The zero-order valence-corrected chi connectivity index (χ0v) is 21.9. The fourth-order valence-electron chi connectivity index (χ4n) is 4.48. The smallest absolute Gasteiger partial charge is 0.295 e. The first kappa shape index (κ1) is 27.3. The molecule has 0 bridgehead atoms. The molecule has 1 saturated heterocycles. The van der Waals surface area contributed by atoms with Crippen LogP contribution < -0.4 is 9.47 Å². The van der Waals surface area contributed by atoms with Gasteiger partial charge < -0.3 is 24.2 Å². The number of amides is 1. The molecule has 0 aliphatic carbocycles. The number of aryl methyl sites for hydroxylation is 2. The van der Waals surface area contributed by atoms with Crippen molar-refractivity contribution < 1.29 is 28.9 Å². The summed E-state index contributed by atoms with van der Waals surface area (Å²) in [6, 6.07) is 10.3. The highest BCUT2D eigenvalue weighted by Crippen LogP contribution is 2.42. The van der Waals surface area contributed by atoms with Gasteiger partial charge in [-0.3, -0.25) is 9.59 Å². The minimum Gasteiger partial charge on any atom is -0.507 e. The largest absolute Gasteiger partial charge is 0.507 e. The molecule has 36 heavy (non-hydrogen) atoms. The number of carbonyl (C=O) groups is 2. The average molecular weight is 496 g/mol. The summed E-state index contributed by atoms with van der Waals surface area (Å²) < 4.78 is 16.7. The number of unbranched alkanes of at least 4 members (excludes halogenated alkanes) is 2. The Bertz CT molecular complexity index is 1120. The van der Waals surface area contributed by atoms with E-state index in [1.165, 1.54) is 4.90 Å². The van der Waals surface area contributed by atoms with Crippen LogP contribution in [0.5, 0.6) is 11.5 Å². The van der Waals surface area contributed by atoms with E-state index in [0.29, 0.717) is 48.8 Å². The Morgan fingerprint density at radius 3 is 2.44 bits per heavy atom. The van der Waals surface area contributed by atoms with Gasteiger partial charge in [0.2, 0.25) is 0 Å². The molecule has 1 aliphatic rings. The van der Waals surface area contributed by atoms with E-state index >= 15 is 0 Å². The van der Waals surface area contributed by atoms with Crippen molar-refractivity contribution in [3.05, 3.63) is 64.2 Å². The third-order valence-electron chi connectivity index (χ3n) is 6.44. The molecule has 1 N–H and O–H groups in total. The van der Waals surface area contributed by atoms with Crippen LogP contribution in [-0.4, -0.2) is 55.7 Å². The van der Waals surface area contributed by atoms with Gasteiger partial charge in [-0.1, -0.05) is 43.5 Å². The molecule has 194 valence electrons. The third kappa shape index (κ3) is 5.90. The molecule has 1 atom stereocenters. The molecule has 1 unspecified atom stereocenters. The van der Waals surface area contributed by atoms with Crippen molar-refractivity contribution in [1.29, 1.82) is 0 Å². The topological polar surface area (TPSA) is 85.3 Å². The lowest BCUT2D eigenvalue weighted by atomic mass is 9.93. The molecule has 0 spiro atoms. The average Bonchev–Trinajstić information content (AvgIpc) is 3.13. The number of aliphatic hydroxyl groups excluding tert-OH is 1. The summed E-state index contributed by atoms with van der Waals surface area (Å²) >= 11 is 0. The van der Waals surface area contributed by atoms with Crippen LogP contribution in [0.2, 0.25) is 0 Å². The molecule has 1 aliphatic heterocycles. The van der Waals surface area contributed by atoms with Crippen LogP contribution in [0.15, 0.2) is 42.0 Å². The lowest BCUT2D eigenvalue weighted by Crippen LogP contribution is -2.31. The lowest BCUT2D eigenvalue weighted by Gasteiger charge is -2.26. The number of methoxy groups -OCH3 is 2. The molecular formula is C29H37NO6. The first-order chi connectivity index (χ1) is 17.3. The van der Waals surface area contributed by atoms with Crippen molar-refractivity contribution in [3.8, 4) is 11.5 Å². The minimum absolute atomic E-state index is 0.0739. The van der Waals surface area contributed by atoms with E-state index in [4.69, 9.17) is 14.2 Å². The van der Waals surface area contributed by atoms with E-state index < -0.39 is 17.7 Å². The van der Waals surface area contributed by atoms with Gasteiger partial charge >= 0.3 is 0 Å². The summed E-state index contributed by atoms with van der Waals surface area (Å²) in [6.45, 7) is 7.25. The quantitative estimate of drug-likeness (QED) is 0.185. The summed E-state index contributed by atoms with van der Waals surface area (Å²) in [5, 5.41) is 11.4. The molecule has 0 saturated carbocycles. The van der Waals surface area contributed by atoms with Crippen LogP contribution in [-0.2, 0) is 14.3 Å². The maximum Gasteiger partial charge on any atom is 0.295 e. The van der Waals surface area contributed by atoms with Gasteiger partial charge in [0.1, 0.15) is 5.76 Å². The molecule has 2 aromatic carbocycles. The predicted octanol–water partition coefficient (Wildman–Crippen LogP) is 5.34. The van der Waals surface area contributed by atoms with Crippen molar-refractivity contribution in [1.82, 2.24) is 4.90 Å². The SMILES string of the molecule is CCCCCOc1ccc(C2C(=C(O)c3cc(C)ccc3C)C(=O)C(=O)N2CCCOC)cc1OC. The molecule has 1 fully saturated rings. The van der Waals surface area contributed by atoms with Gasteiger partial charge in [0.25, 0.3) is 11.7 Å². The Morgan fingerprint density at radius 2 is 1.75 bits per heavy atom. The molecule has 0 aromatic heterocycles. The number of Topliss-reactive ketones (excluding diaryl/α,β-unsaturated/α-hetero) is 1. The number of rotatable bonds is 12. The van der Waals surface area contributed by atoms with Crippen molar-refractivity contribution >= 4 is 17.4 Å². The van der Waals surface area contributed by atoms with E-state index in [-0.39, 0.29) is 11.3 Å². The normalized spacial score (nSPS) is 17.0. The highest BCUT2D eigenvalue weighted by atomic mass is 16.5. The van der Waals surface area contributed by atoms with E-state index in [1.54, 1.807) is 26.4 Å². The van der Waals surface area contributed by atoms with Crippen molar-refractivity contribution in [2.24, 2.45) is 0 Å².